The van der Waals surface area contributed by atoms with Crippen LogP contribution in [-0.2, 0) is 14.3 Å². The van der Waals surface area contributed by atoms with E-state index < -0.39 is 12.0 Å². The van der Waals surface area contributed by atoms with Gasteiger partial charge in [0.25, 0.3) is 5.91 Å². The van der Waals surface area contributed by atoms with E-state index in [1.165, 1.54) is 17.2 Å². The first kappa shape index (κ1) is 17.7. The van der Waals surface area contributed by atoms with Gasteiger partial charge in [0.1, 0.15) is 11.9 Å². The molecule has 1 atom stereocenters. The van der Waals surface area contributed by atoms with Gasteiger partial charge in [-0.25, -0.2) is 4.79 Å². The van der Waals surface area contributed by atoms with Crippen LogP contribution in [0.4, 0.5) is 4.79 Å². The Bertz CT molecular complexity index is 757. The summed E-state index contributed by atoms with van der Waals surface area (Å²) >= 11 is 0. The van der Waals surface area contributed by atoms with Crippen molar-refractivity contribution in [3.8, 4) is 0 Å². The lowest BCUT2D eigenvalue weighted by atomic mass is 10.2. The normalized spacial score (nSPS) is 19.3. The predicted octanol–water partition coefficient (Wildman–Crippen LogP) is 2.08. The number of ether oxygens (including phenoxy) is 1. The highest BCUT2D eigenvalue weighted by atomic mass is 16.6. The van der Waals surface area contributed by atoms with E-state index in [-0.39, 0.29) is 24.4 Å². The average molecular weight is 355 g/mol. The number of carbonyl (C=O) groups excluding carboxylic acids is 3. The van der Waals surface area contributed by atoms with Gasteiger partial charge in [0.2, 0.25) is 5.91 Å². The lowest BCUT2D eigenvalue weighted by Gasteiger charge is -2.36. The van der Waals surface area contributed by atoms with Gasteiger partial charge < -0.3 is 15.0 Å². The minimum Gasteiger partial charge on any atom is -0.449 e. The number of nitrogens with zero attached hydrogens (tertiary/aromatic N) is 2. The van der Waals surface area contributed by atoms with Crippen LogP contribution < -0.4 is 5.32 Å². The van der Waals surface area contributed by atoms with Crippen molar-refractivity contribution in [3.05, 3.63) is 53.9 Å². The van der Waals surface area contributed by atoms with Gasteiger partial charge in [-0.2, -0.15) is 0 Å². The van der Waals surface area contributed by atoms with Crippen LogP contribution in [0.2, 0.25) is 0 Å². The largest absolute Gasteiger partial charge is 0.449 e. The molecule has 1 saturated heterocycles. The third-order valence-corrected chi connectivity index (χ3v) is 4.26. The molecule has 3 rings (SSSR count). The molecule has 1 unspecified atom stereocenters. The Kier molecular flexibility index (Phi) is 5.36. The van der Waals surface area contributed by atoms with Crippen molar-refractivity contribution in [1.29, 1.82) is 0 Å². The Hall–Kier alpha value is -3.09. The van der Waals surface area contributed by atoms with E-state index in [0.29, 0.717) is 13.0 Å². The summed E-state index contributed by atoms with van der Waals surface area (Å²) in [6.45, 7) is 2.51. The molecular formula is C19H21N3O4. The van der Waals surface area contributed by atoms with E-state index in [2.05, 4.69) is 5.32 Å². The molecule has 0 aromatic heterocycles. The van der Waals surface area contributed by atoms with Gasteiger partial charge in [-0.05, 0) is 31.4 Å². The van der Waals surface area contributed by atoms with Crippen molar-refractivity contribution in [1.82, 2.24) is 15.1 Å². The number of amides is 3. The van der Waals surface area contributed by atoms with Crippen LogP contribution in [0.3, 0.4) is 0 Å². The van der Waals surface area contributed by atoms with Gasteiger partial charge >= 0.3 is 6.09 Å². The standard InChI is InChI=1S/C19H21N3O4/c1-2-26-19(25)22-13-15(18(24)21-12-6-9-17(21)22)20-16(23)11-10-14-7-4-3-5-8-14/h3-5,7-8,10-11,13,17H,2,6,9,12H2,1H3,(H,20,23). The molecule has 2 aliphatic heterocycles. The zero-order chi connectivity index (χ0) is 18.5. The number of fused-ring (bicyclic) bond motifs is 1. The van der Waals surface area contributed by atoms with Crippen molar-refractivity contribution in [2.24, 2.45) is 0 Å². The van der Waals surface area contributed by atoms with E-state index in [0.717, 1.165) is 12.0 Å². The molecule has 1 aromatic rings. The Morgan fingerprint density at radius 3 is 2.81 bits per heavy atom. The van der Waals surface area contributed by atoms with Crippen molar-refractivity contribution in [2.75, 3.05) is 13.2 Å². The Morgan fingerprint density at radius 1 is 1.31 bits per heavy atom. The molecule has 2 heterocycles. The molecule has 0 radical (unpaired) electrons. The van der Waals surface area contributed by atoms with Crippen LogP contribution in [-0.4, -0.2) is 47.0 Å². The van der Waals surface area contributed by atoms with Gasteiger partial charge in [0.05, 0.1) is 6.61 Å². The second-order valence-electron chi connectivity index (χ2n) is 6.00. The molecular weight excluding hydrogens is 334 g/mol. The van der Waals surface area contributed by atoms with Crippen molar-refractivity contribution < 1.29 is 19.1 Å². The number of rotatable bonds is 4. The van der Waals surface area contributed by atoms with Crippen LogP contribution in [0.1, 0.15) is 25.3 Å². The lowest BCUT2D eigenvalue weighted by molar-refractivity contribution is -0.133. The van der Waals surface area contributed by atoms with Gasteiger partial charge in [0.15, 0.2) is 0 Å². The van der Waals surface area contributed by atoms with Crippen LogP contribution >= 0.6 is 0 Å². The van der Waals surface area contributed by atoms with E-state index in [1.807, 2.05) is 30.3 Å². The summed E-state index contributed by atoms with van der Waals surface area (Å²) in [7, 11) is 0. The highest BCUT2D eigenvalue weighted by molar-refractivity contribution is 6.02. The molecule has 0 spiro atoms. The van der Waals surface area contributed by atoms with Crippen molar-refractivity contribution >= 4 is 24.0 Å². The quantitative estimate of drug-likeness (QED) is 0.839. The molecule has 1 fully saturated rings. The smallest absolute Gasteiger partial charge is 0.415 e. The third-order valence-electron chi connectivity index (χ3n) is 4.26. The second-order valence-corrected chi connectivity index (χ2v) is 6.00. The number of hydrogen-bond donors (Lipinski definition) is 1. The Morgan fingerprint density at radius 2 is 2.08 bits per heavy atom. The minimum atomic E-state index is -0.525. The van der Waals surface area contributed by atoms with E-state index in [4.69, 9.17) is 4.74 Å². The van der Waals surface area contributed by atoms with Gasteiger partial charge in [-0.3, -0.25) is 14.5 Å². The molecule has 1 aromatic carbocycles. The molecule has 2 aliphatic rings. The first-order valence-electron chi connectivity index (χ1n) is 8.62. The summed E-state index contributed by atoms with van der Waals surface area (Å²) in [5, 5.41) is 2.57. The summed E-state index contributed by atoms with van der Waals surface area (Å²) in [4.78, 5) is 39.9. The summed E-state index contributed by atoms with van der Waals surface area (Å²) < 4.78 is 5.06. The predicted molar refractivity (Wildman–Crippen MR) is 95.3 cm³/mol. The van der Waals surface area contributed by atoms with Crippen LogP contribution in [0.25, 0.3) is 6.08 Å². The summed E-state index contributed by atoms with van der Waals surface area (Å²) in [5.41, 5.74) is 0.943. The number of carbonyl (C=O) groups is 3. The maximum absolute atomic E-state index is 12.6. The molecule has 0 aliphatic carbocycles. The van der Waals surface area contributed by atoms with Gasteiger partial charge in [0, 0.05) is 18.8 Å². The fourth-order valence-electron chi connectivity index (χ4n) is 3.08. The zero-order valence-electron chi connectivity index (χ0n) is 14.6. The molecule has 136 valence electrons. The molecule has 0 bridgehead atoms. The van der Waals surface area contributed by atoms with Crippen LogP contribution in [0, 0.1) is 0 Å². The topological polar surface area (TPSA) is 79.0 Å². The SMILES string of the molecule is CCOC(=O)N1C=C(NC(=O)C=Cc2ccccc2)C(=O)N2CCCC12. The molecule has 26 heavy (non-hydrogen) atoms. The van der Waals surface area contributed by atoms with E-state index in [1.54, 1.807) is 17.9 Å². The average Bonchev–Trinajstić information content (AvgIpc) is 3.13. The minimum absolute atomic E-state index is 0.0684. The number of nitrogens with one attached hydrogen (secondary N) is 1. The maximum atomic E-state index is 12.6. The fraction of sp³-hybridized carbons (Fsp3) is 0.316. The zero-order valence-corrected chi connectivity index (χ0v) is 14.6. The molecule has 7 nitrogen and oxygen atoms in total. The van der Waals surface area contributed by atoms with E-state index in [9.17, 15) is 14.4 Å². The fourth-order valence-corrected chi connectivity index (χ4v) is 3.08. The number of benzene rings is 1. The molecule has 1 N–H and O–H groups in total. The summed E-state index contributed by atoms with van der Waals surface area (Å²) in [6, 6.07) is 9.36. The first-order chi connectivity index (χ1) is 12.6. The maximum Gasteiger partial charge on any atom is 0.415 e. The Balaban J connectivity index is 1.75. The van der Waals surface area contributed by atoms with Crippen molar-refractivity contribution in [2.45, 2.75) is 25.9 Å². The first-order valence-corrected chi connectivity index (χ1v) is 8.62. The molecule has 3 amide bonds. The summed E-state index contributed by atoms with van der Waals surface area (Å²) in [6.07, 6.45) is 5.01. The highest BCUT2D eigenvalue weighted by Crippen LogP contribution is 2.27. The lowest BCUT2D eigenvalue weighted by Crippen LogP contribution is -2.54. The second kappa shape index (κ2) is 7.86. The summed E-state index contributed by atoms with van der Waals surface area (Å²) in [5.74, 6) is -0.718. The molecule has 7 heteroatoms. The third kappa shape index (κ3) is 3.77. The Labute approximate surface area is 151 Å². The van der Waals surface area contributed by atoms with Gasteiger partial charge in [-0.15, -0.1) is 0 Å². The van der Waals surface area contributed by atoms with Gasteiger partial charge in [-0.1, -0.05) is 30.3 Å². The van der Waals surface area contributed by atoms with Crippen molar-refractivity contribution in [3.63, 3.8) is 0 Å². The number of hydrogen-bond acceptors (Lipinski definition) is 4. The van der Waals surface area contributed by atoms with Crippen LogP contribution in [0.5, 0.6) is 0 Å². The van der Waals surface area contributed by atoms with E-state index >= 15 is 0 Å². The van der Waals surface area contributed by atoms with Crippen LogP contribution in [0.15, 0.2) is 48.3 Å². The highest BCUT2D eigenvalue weighted by Gasteiger charge is 2.41. The molecule has 0 saturated carbocycles. The monoisotopic (exact) mass is 355 g/mol.